The third-order valence-corrected chi connectivity index (χ3v) is 2.40. The molecule has 0 N–H and O–H groups in total. The van der Waals surface area contributed by atoms with Gasteiger partial charge in [0.2, 0.25) is 0 Å². The van der Waals surface area contributed by atoms with Crippen molar-refractivity contribution < 1.29 is 4.74 Å². The summed E-state index contributed by atoms with van der Waals surface area (Å²) in [6, 6.07) is 5.95. The van der Waals surface area contributed by atoms with Gasteiger partial charge in [0.15, 0.2) is 0 Å². The molecule has 1 aromatic carbocycles. The highest BCUT2D eigenvalue weighted by atomic mass is 16.5. The van der Waals surface area contributed by atoms with Crippen LogP contribution in [0.3, 0.4) is 0 Å². The predicted molar refractivity (Wildman–Crippen MR) is 60.7 cm³/mol. The van der Waals surface area contributed by atoms with Gasteiger partial charge < -0.3 is 4.74 Å². The molecule has 0 unspecified atom stereocenters. The number of nitrogens with zero attached hydrogens (tertiary/aromatic N) is 1. The Kier molecular flexibility index (Phi) is 4.70. The topological polar surface area (TPSA) is 33.0 Å². The van der Waals surface area contributed by atoms with Crippen LogP contribution in [0.4, 0.5) is 0 Å². The Balaban J connectivity index is 3.04. The highest BCUT2D eigenvalue weighted by molar-refractivity contribution is 5.41. The lowest BCUT2D eigenvalue weighted by Gasteiger charge is -2.10. The number of aryl methyl sites for hydroxylation is 1. The monoisotopic (exact) mass is 203 g/mol. The van der Waals surface area contributed by atoms with E-state index in [9.17, 15) is 0 Å². The molecule has 1 rings (SSSR count). The van der Waals surface area contributed by atoms with Crippen molar-refractivity contribution in [3.05, 3.63) is 29.3 Å². The van der Waals surface area contributed by atoms with Crippen molar-refractivity contribution in [1.29, 1.82) is 5.26 Å². The normalized spacial score (nSPS) is 9.67. The van der Waals surface area contributed by atoms with Gasteiger partial charge in [-0.25, -0.2) is 0 Å². The minimum Gasteiger partial charge on any atom is -0.388 e. The van der Waals surface area contributed by atoms with Gasteiger partial charge in [0.05, 0.1) is 0 Å². The van der Waals surface area contributed by atoms with Crippen LogP contribution in [0, 0.1) is 11.5 Å². The lowest BCUT2D eigenvalue weighted by molar-refractivity contribution is 0.498. The maximum atomic E-state index is 8.56. The van der Waals surface area contributed by atoms with E-state index in [-0.39, 0.29) is 0 Å². The maximum Gasteiger partial charge on any atom is 0.292 e. The summed E-state index contributed by atoms with van der Waals surface area (Å²) in [6.45, 7) is 4.30. The molecule has 0 atom stereocenters. The molecule has 1 aromatic rings. The van der Waals surface area contributed by atoms with Gasteiger partial charge in [-0.15, -0.1) is 5.26 Å². The first-order valence-electron chi connectivity index (χ1n) is 5.50. The molecule has 0 saturated heterocycles. The largest absolute Gasteiger partial charge is 0.388 e. The van der Waals surface area contributed by atoms with Gasteiger partial charge in [0.25, 0.3) is 6.26 Å². The molecule has 0 fully saturated rings. The second-order valence-electron chi connectivity index (χ2n) is 3.59. The van der Waals surface area contributed by atoms with Crippen LogP contribution in [0.15, 0.2) is 18.2 Å². The van der Waals surface area contributed by atoms with Crippen LogP contribution >= 0.6 is 0 Å². The summed E-state index contributed by atoms with van der Waals surface area (Å²) < 4.78 is 4.98. The van der Waals surface area contributed by atoms with Gasteiger partial charge in [0.1, 0.15) is 5.75 Å². The van der Waals surface area contributed by atoms with Gasteiger partial charge >= 0.3 is 0 Å². The van der Waals surface area contributed by atoms with Crippen molar-refractivity contribution in [2.75, 3.05) is 0 Å². The van der Waals surface area contributed by atoms with Crippen molar-refractivity contribution in [3.63, 3.8) is 0 Å². The van der Waals surface area contributed by atoms with E-state index in [2.05, 4.69) is 19.9 Å². The smallest absolute Gasteiger partial charge is 0.292 e. The van der Waals surface area contributed by atoms with Gasteiger partial charge in [-0.2, -0.15) is 0 Å². The molecule has 0 aliphatic rings. The van der Waals surface area contributed by atoms with Crippen LogP contribution in [0.2, 0.25) is 0 Å². The summed E-state index contributed by atoms with van der Waals surface area (Å²) >= 11 is 0. The average molecular weight is 203 g/mol. The zero-order valence-electron chi connectivity index (χ0n) is 9.42. The van der Waals surface area contributed by atoms with E-state index in [1.165, 1.54) is 11.1 Å². The number of benzene rings is 1. The molecule has 15 heavy (non-hydrogen) atoms. The maximum absolute atomic E-state index is 8.56. The molecule has 0 spiro atoms. The molecule has 0 saturated carbocycles. The fraction of sp³-hybridized carbons (Fsp3) is 0.462. The molecule has 0 aromatic heterocycles. The van der Waals surface area contributed by atoms with Gasteiger partial charge in [-0.1, -0.05) is 38.8 Å². The first-order chi connectivity index (χ1) is 7.33. The number of hydrogen-bond donors (Lipinski definition) is 0. The highest BCUT2D eigenvalue weighted by Gasteiger charge is 2.08. The third-order valence-electron chi connectivity index (χ3n) is 2.40. The number of nitriles is 1. The number of ether oxygens (including phenoxy) is 1. The van der Waals surface area contributed by atoms with Gasteiger partial charge in [0, 0.05) is 0 Å². The lowest BCUT2D eigenvalue weighted by Crippen LogP contribution is -1.97. The van der Waals surface area contributed by atoms with Crippen LogP contribution in [0.1, 0.15) is 37.8 Å². The SMILES string of the molecule is CCCc1cccc(OC#N)c1CCC. The van der Waals surface area contributed by atoms with Crippen molar-refractivity contribution in [2.45, 2.75) is 39.5 Å². The molecule has 2 heteroatoms. The Morgan fingerprint density at radius 2 is 1.93 bits per heavy atom. The average Bonchev–Trinajstić information content (AvgIpc) is 2.23. The van der Waals surface area contributed by atoms with Crippen LogP contribution in [0.25, 0.3) is 0 Å². The second kappa shape index (κ2) is 6.08. The number of rotatable bonds is 5. The van der Waals surface area contributed by atoms with Crippen molar-refractivity contribution in [1.82, 2.24) is 0 Å². The van der Waals surface area contributed by atoms with E-state index in [0.29, 0.717) is 0 Å². The summed E-state index contributed by atoms with van der Waals surface area (Å²) in [5.74, 6) is 0.727. The van der Waals surface area contributed by atoms with Crippen molar-refractivity contribution >= 4 is 0 Å². The molecule has 2 nitrogen and oxygen atoms in total. The fourth-order valence-electron chi connectivity index (χ4n) is 1.79. The van der Waals surface area contributed by atoms with E-state index in [1.54, 1.807) is 6.26 Å². The van der Waals surface area contributed by atoms with Gasteiger partial charge in [-0.05, 0) is 30.0 Å². The molecule has 0 amide bonds. The molecule has 80 valence electrons. The zero-order chi connectivity index (χ0) is 11.1. The van der Waals surface area contributed by atoms with Crippen LogP contribution in [-0.2, 0) is 12.8 Å². The molecule has 0 bridgehead atoms. The van der Waals surface area contributed by atoms with Crippen molar-refractivity contribution in [2.24, 2.45) is 0 Å². The Bertz CT molecular complexity index is 352. The lowest BCUT2D eigenvalue weighted by atomic mass is 9.99. The summed E-state index contributed by atoms with van der Waals surface area (Å²) in [4.78, 5) is 0. The molecule has 0 aliphatic heterocycles. The summed E-state index contributed by atoms with van der Waals surface area (Å²) in [7, 11) is 0. The van der Waals surface area contributed by atoms with E-state index in [0.717, 1.165) is 31.4 Å². The highest BCUT2D eigenvalue weighted by Crippen LogP contribution is 2.25. The summed E-state index contributed by atoms with van der Waals surface area (Å²) in [6.07, 6.45) is 5.97. The molecule has 0 radical (unpaired) electrons. The Morgan fingerprint density at radius 3 is 2.53 bits per heavy atom. The zero-order valence-corrected chi connectivity index (χ0v) is 9.42. The predicted octanol–water partition coefficient (Wildman–Crippen LogP) is 3.45. The second-order valence-corrected chi connectivity index (χ2v) is 3.59. The van der Waals surface area contributed by atoms with Crippen LogP contribution < -0.4 is 4.74 Å². The van der Waals surface area contributed by atoms with Crippen LogP contribution in [0.5, 0.6) is 5.75 Å². The Hall–Kier alpha value is -1.49. The third kappa shape index (κ3) is 2.99. The Labute approximate surface area is 91.5 Å². The quantitative estimate of drug-likeness (QED) is 0.687. The summed E-state index contributed by atoms with van der Waals surface area (Å²) in [5.41, 5.74) is 2.51. The molecular formula is C13H17NO. The van der Waals surface area contributed by atoms with E-state index in [4.69, 9.17) is 10.00 Å². The fourth-order valence-corrected chi connectivity index (χ4v) is 1.79. The Morgan fingerprint density at radius 1 is 1.20 bits per heavy atom. The summed E-state index contributed by atoms with van der Waals surface area (Å²) in [5, 5.41) is 8.56. The molecule has 0 aliphatic carbocycles. The number of hydrogen-bond acceptors (Lipinski definition) is 2. The molecule has 0 heterocycles. The molecular weight excluding hydrogens is 186 g/mol. The first-order valence-corrected chi connectivity index (χ1v) is 5.50. The van der Waals surface area contributed by atoms with E-state index < -0.39 is 0 Å². The minimum atomic E-state index is 0.727. The van der Waals surface area contributed by atoms with Crippen LogP contribution in [-0.4, -0.2) is 0 Å². The standard InChI is InChI=1S/C13H17NO/c1-3-6-11-8-5-9-13(15-10-14)12(11)7-4-2/h5,8-9H,3-4,6-7H2,1-2H3. The van der Waals surface area contributed by atoms with E-state index >= 15 is 0 Å². The van der Waals surface area contributed by atoms with Gasteiger partial charge in [-0.3, -0.25) is 0 Å². The van der Waals surface area contributed by atoms with Crippen molar-refractivity contribution in [3.8, 4) is 12.0 Å². The van der Waals surface area contributed by atoms with E-state index in [1.807, 2.05) is 12.1 Å². The minimum absolute atomic E-state index is 0.727. The first kappa shape index (κ1) is 11.6.